The normalized spacial score (nSPS) is 25.5. The summed E-state index contributed by atoms with van der Waals surface area (Å²) in [4.78, 5) is 33.9. The molecule has 7 heterocycles. The molecule has 4 fully saturated rings. The Balaban J connectivity index is 1.21. The molecule has 1 amide bonds. The van der Waals surface area contributed by atoms with Crippen LogP contribution in [-0.2, 0) is 9.47 Å². The summed E-state index contributed by atoms with van der Waals surface area (Å²) >= 11 is 0. The van der Waals surface area contributed by atoms with Gasteiger partial charge in [-0.3, -0.25) is 9.80 Å². The number of aromatic nitrogens is 3. The average molecular weight is 773 g/mol. The van der Waals surface area contributed by atoms with E-state index in [4.69, 9.17) is 40.1 Å². The largest absolute Gasteiger partial charge is 0.475 e. The molecule has 4 aromatic rings. The van der Waals surface area contributed by atoms with E-state index in [0.29, 0.717) is 42.9 Å². The number of nitrogens with zero attached hydrogens (tertiary/aromatic N) is 6. The van der Waals surface area contributed by atoms with Gasteiger partial charge in [-0.2, -0.15) is 9.97 Å². The Morgan fingerprint density at radius 1 is 1.09 bits per heavy atom. The number of pyridine rings is 1. The Bertz CT molecular complexity index is 2300. The number of halogens is 3. The molecule has 2 aromatic heterocycles. The van der Waals surface area contributed by atoms with Crippen molar-refractivity contribution in [1.29, 1.82) is 0 Å². The van der Waals surface area contributed by atoms with Gasteiger partial charge in [0, 0.05) is 37.6 Å². The molecule has 15 heteroatoms. The van der Waals surface area contributed by atoms with E-state index < -0.39 is 41.1 Å². The van der Waals surface area contributed by atoms with Crippen molar-refractivity contribution in [1.82, 2.24) is 24.8 Å². The van der Waals surface area contributed by atoms with Crippen LogP contribution < -0.4 is 19.1 Å². The van der Waals surface area contributed by atoms with Crippen molar-refractivity contribution >= 4 is 33.6 Å². The molecule has 2 aromatic carbocycles. The summed E-state index contributed by atoms with van der Waals surface area (Å²) in [5.74, 6) is 1.65. The van der Waals surface area contributed by atoms with Crippen LogP contribution in [0.2, 0.25) is 0 Å². The first-order chi connectivity index (χ1) is 26.9. The van der Waals surface area contributed by atoms with Crippen LogP contribution in [0.5, 0.6) is 17.6 Å². The Labute approximate surface area is 322 Å². The van der Waals surface area contributed by atoms with Gasteiger partial charge in [0.05, 0.1) is 29.2 Å². The molecule has 9 rings (SSSR count). The number of benzene rings is 2. The van der Waals surface area contributed by atoms with Crippen LogP contribution in [0, 0.1) is 24.0 Å². The summed E-state index contributed by atoms with van der Waals surface area (Å²) in [7, 11) is 1.47. The van der Waals surface area contributed by atoms with Gasteiger partial charge in [-0.1, -0.05) is 12.0 Å². The number of rotatable bonds is 7. The number of anilines is 1. The number of hydrogen-bond acceptors (Lipinski definition) is 11. The van der Waals surface area contributed by atoms with Gasteiger partial charge in [-0.15, -0.1) is 6.42 Å². The number of terminal acetylenes is 1. The van der Waals surface area contributed by atoms with Crippen molar-refractivity contribution in [3.63, 3.8) is 0 Å². The molecule has 0 unspecified atom stereocenters. The van der Waals surface area contributed by atoms with Gasteiger partial charge in [0.1, 0.15) is 59.0 Å². The van der Waals surface area contributed by atoms with Gasteiger partial charge in [-0.05, 0) is 76.6 Å². The van der Waals surface area contributed by atoms with E-state index in [1.54, 1.807) is 11.0 Å². The van der Waals surface area contributed by atoms with Crippen LogP contribution in [0.25, 0.3) is 32.9 Å². The van der Waals surface area contributed by atoms with Gasteiger partial charge >= 0.3 is 12.1 Å². The highest BCUT2D eigenvalue weighted by Gasteiger charge is 2.52. The van der Waals surface area contributed by atoms with Gasteiger partial charge in [0.2, 0.25) is 5.88 Å². The summed E-state index contributed by atoms with van der Waals surface area (Å²) in [5.41, 5.74) is -1.46. The minimum absolute atomic E-state index is 0.0543. The molecule has 12 nitrogen and oxygen atoms in total. The first kappa shape index (κ1) is 36.6. The van der Waals surface area contributed by atoms with E-state index in [1.165, 1.54) is 25.3 Å². The van der Waals surface area contributed by atoms with Gasteiger partial charge in [-0.25, -0.2) is 22.9 Å². The number of piperazine rings is 1. The van der Waals surface area contributed by atoms with Crippen molar-refractivity contribution in [2.24, 2.45) is 0 Å². The van der Waals surface area contributed by atoms with Crippen molar-refractivity contribution in [2.75, 3.05) is 51.7 Å². The SMILES string of the molecule is C#Cc1c(F)ccc2cc(OCOC)cc(-c3nc4c5c(nc(OC[C@]67CCCN6C[C@H](F)C7)nc5c3F)N3C[C@H]5CC[C@@H]([C@H]3CO4)N5C(=O)OC(C)(C)C)c12. The van der Waals surface area contributed by atoms with Crippen molar-refractivity contribution in [3.05, 3.63) is 41.5 Å². The Morgan fingerprint density at radius 2 is 1.93 bits per heavy atom. The van der Waals surface area contributed by atoms with Gasteiger partial charge in [0.25, 0.3) is 0 Å². The molecular formula is C41H43F3N6O6. The Hall–Kier alpha value is -5.07. The van der Waals surface area contributed by atoms with E-state index in [9.17, 15) is 9.18 Å². The first-order valence-corrected chi connectivity index (χ1v) is 19.1. The van der Waals surface area contributed by atoms with E-state index >= 15 is 8.78 Å². The molecule has 5 atom stereocenters. The van der Waals surface area contributed by atoms with Gasteiger partial charge < -0.3 is 28.6 Å². The fraction of sp³-hybridized carbons (Fsp3) is 0.512. The fourth-order valence-electron chi connectivity index (χ4n) is 9.50. The summed E-state index contributed by atoms with van der Waals surface area (Å²) in [5, 5.41) is 0.970. The van der Waals surface area contributed by atoms with Crippen molar-refractivity contribution in [2.45, 2.75) is 88.3 Å². The van der Waals surface area contributed by atoms with E-state index in [1.807, 2.05) is 25.7 Å². The topological polar surface area (TPSA) is 112 Å². The number of ether oxygens (including phenoxy) is 5. The molecule has 56 heavy (non-hydrogen) atoms. The van der Waals surface area contributed by atoms with Crippen LogP contribution in [0.3, 0.4) is 0 Å². The molecule has 0 spiro atoms. The molecule has 294 valence electrons. The average Bonchev–Trinajstić information content (AvgIpc) is 3.76. The molecule has 4 saturated heterocycles. The maximum atomic E-state index is 17.5. The third-order valence-electron chi connectivity index (χ3n) is 11.8. The second-order valence-electron chi connectivity index (χ2n) is 16.4. The predicted molar refractivity (Wildman–Crippen MR) is 201 cm³/mol. The highest BCUT2D eigenvalue weighted by atomic mass is 19.1. The third kappa shape index (κ3) is 6.00. The lowest BCUT2D eigenvalue weighted by Gasteiger charge is -2.46. The number of fused-ring (bicyclic) bond motifs is 7. The number of alkyl halides is 1. The monoisotopic (exact) mass is 772 g/mol. The highest BCUT2D eigenvalue weighted by Crippen LogP contribution is 2.47. The predicted octanol–water partition coefficient (Wildman–Crippen LogP) is 6.39. The zero-order valence-corrected chi connectivity index (χ0v) is 31.7. The minimum Gasteiger partial charge on any atom is -0.475 e. The van der Waals surface area contributed by atoms with Crippen LogP contribution in [0.4, 0.5) is 23.8 Å². The molecule has 0 saturated carbocycles. The van der Waals surface area contributed by atoms with Crippen LogP contribution in [-0.4, -0.2) is 113 Å². The highest BCUT2D eigenvalue weighted by molar-refractivity contribution is 6.04. The van der Waals surface area contributed by atoms with E-state index in [2.05, 4.69) is 15.8 Å². The molecule has 0 radical (unpaired) electrons. The molecule has 0 aliphatic carbocycles. The lowest BCUT2D eigenvalue weighted by atomic mass is 9.95. The lowest BCUT2D eigenvalue weighted by Crippen LogP contribution is -2.63. The summed E-state index contributed by atoms with van der Waals surface area (Å²) in [6, 6.07) is 4.97. The number of methoxy groups -OCH3 is 1. The van der Waals surface area contributed by atoms with Crippen molar-refractivity contribution < 1.29 is 41.7 Å². The van der Waals surface area contributed by atoms with Crippen molar-refractivity contribution in [3.8, 4) is 41.2 Å². The Morgan fingerprint density at radius 3 is 2.71 bits per heavy atom. The molecule has 0 N–H and O–H groups in total. The minimum atomic E-state index is -0.972. The second-order valence-corrected chi connectivity index (χ2v) is 16.4. The fourth-order valence-corrected chi connectivity index (χ4v) is 9.50. The van der Waals surface area contributed by atoms with E-state index in [-0.39, 0.29) is 77.1 Å². The molecule has 5 aliphatic rings. The third-order valence-corrected chi connectivity index (χ3v) is 11.8. The maximum absolute atomic E-state index is 17.5. The lowest BCUT2D eigenvalue weighted by molar-refractivity contribution is 0.00537. The quantitative estimate of drug-likeness (QED) is 0.154. The van der Waals surface area contributed by atoms with Crippen LogP contribution >= 0.6 is 0 Å². The number of amides is 1. The van der Waals surface area contributed by atoms with E-state index in [0.717, 1.165) is 25.8 Å². The summed E-state index contributed by atoms with van der Waals surface area (Å²) in [6.45, 7) is 7.07. The second kappa shape index (κ2) is 13.5. The molecule has 5 aliphatic heterocycles. The molecular weight excluding hydrogens is 729 g/mol. The Kier molecular flexibility index (Phi) is 8.85. The standard InChI is InChI=1S/C41H43F3N6O6/c1-6-26-28(43)10-8-22-14-25(55-21-52-5)15-27(31(22)26)34-33(44)35-32-36(47-38(46-35)54-20-41-12-7-13-48(41)17-23(42)16-41)49-18-24-9-11-29(30(49)19-53-37(32)45-34)50(24)39(51)56-40(2,3)4/h1,8,10,14-15,23-24,29-30H,7,9,11-13,16-21H2,2-5H3/t23-,24-,29+,30-,41-/m1/s1. The van der Waals surface area contributed by atoms with Crippen LogP contribution in [0.1, 0.15) is 58.4 Å². The van der Waals surface area contributed by atoms with Gasteiger partial charge in [0.15, 0.2) is 12.6 Å². The summed E-state index contributed by atoms with van der Waals surface area (Å²) in [6.07, 6.45) is 7.89. The first-order valence-electron chi connectivity index (χ1n) is 19.1. The zero-order chi connectivity index (χ0) is 39.1. The summed E-state index contributed by atoms with van der Waals surface area (Å²) < 4.78 is 77.2. The number of hydrogen-bond donors (Lipinski definition) is 0. The number of carbonyl (C=O) groups excluding carboxylic acids is 1. The molecule has 2 bridgehead atoms. The zero-order valence-electron chi connectivity index (χ0n) is 31.7. The van der Waals surface area contributed by atoms with Crippen LogP contribution in [0.15, 0.2) is 24.3 Å². The number of carbonyl (C=O) groups is 1. The maximum Gasteiger partial charge on any atom is 0.410 e. The smallest absolute Gasteiger partial charge is 0.410 e.